The molecule has 2 aliphatic heterocycles. The van der Waals surface area contributed by atoms with Crippen molar-refractivity contribution in [3.05, 3.63) is 22.9 Å². The number of rotatable bonds is 7. The Bertz CT molecular complexity index is 780. The molecule has 0 bridgehead atoms. The second kappa shape index (κ2) is 7.84. The lowest BCUT2D eigenvalue weighted by Crippen LogP contribution is -2.22. The van der Waals surface area contributed by atoms with Crippen molar-refractivity contribution in [2.45, 2.75) is 25.8 Å². The maximum absolute atomic E-state index is 6.29. The van der Waals surface area contributed by atoms with E-state index in [9.17, 15) is 0 Å². The molecule has 1 aromatic rings. The van der Waals surface area contributed by atoms with Gasteiger partial charge < -0.3 is 10.1 Å². The largest absolute Gasteiger partial charge is 0.463 e. The van der Waals surface area contributed by atoms with Crippen LogP contribution in [0.4, 0.5) is 5.82 Å². The van der Waals surface area contributed by atoms with E-state index in [-0.39, 0.29) is 0 Å². The Morgan fingerprint density at radius 2 is 2.26 bits per heavy atom. The highest BCUT2D eigenvalue weighted by molar-refractivity contribution is 6.30. The van der Waals surface area contributed by atoms with E-state index in [1.165, 1.54) is 0 Å². The summed E-state index contributed by atoms with van der Waals surface area (Å²) in [5.74, 6) is 2.19. The predicted octanol–water partition coefficient (Wildman–Crippen LogP) is 2.81. The van der Waals surface area contributed by atoms with E-state index in [1.807, 2.05) is 37.5 Å². The summed E-state index contributed by atoms with van der Waals surface area (Å²) >= 11 is 6.29. The third-order valence-electron chi connectivity index (χ3n) is 5.35. The van der Waals surface area contributed by atoms with Gasteiger partial charge in [0, 0.05) is 44.0 Å². The molecule has 27 heavy (non-hydrogen) atoms. The third-order valence-corrected chi connectivity index (χ3v) is 5.71. The van der Waals surface area contributed by atoms with Gasteiger partial charge >= 0.3 is 6.01 Å². The topological polar surface area (TPSA) is 75.0 Å². The second-order valence-electron chi connectivity index (χ2n) is 7.52. The van der Waals surface area contributed by atoms with Crippen molar-refractivity contribution >= 4 is 29.8 Å². The molecule has 4 rings (SSSR count). The summed E-state index contributed by atoms with van der Waals surface area (Å²) < 4.78 is 5.87. The standard InChI is InChI=1S/C19H25ClN6O/c1-12-17(20)24-19(25-18(12)22-8-13-9-23-26(2)10-13)27-11-14-7-15(14)16-5-3-4-6-21-16/h3-4,6,9,13-16H,5,7-8,10-11H2,1-2H3,(H,22,24,25)/t13?,14-,15+,16?/m0/s1. The molecule has 0 radical (unpaired) electrons. The number of anilines is 1. The number of hydrogen-bond acceptors (Lipinski definition) is 7. The number of ether oxygens (including phenoxy) is 1. The highest BCUT2D eigenvalue weighted by atomic mass is 35.5. The molecule has 1 aromatic heterocycles. The van der Waals surface area contributed by atoms with Crippen LogP contribution in [0.2, 0.25) is 5.15 Å². The Morgan fingerprint density at radius 1 is 1.37 bits per heavy atom. The van der Waals surface area contributed by atoms with Gasteiger partial charge in [-0.1, -0.05) is 17.7 Å². The fraction of sp³-hybridized carbons (Fsp3) is 0.579. The van der Waals surface area contributed by atoms with Gasteiger partial charge in [0.05, 0.1) is 12.6 Å². The van der Waals surface area contributed by atoms with Crippen LogP contribution >= 0.6 is 11.6 Å². The fourth-order valence-corrected chi connectivity index (χ4v) is 3.76. The predicted molar refractivity (Wildman–Crippen MR) is 108 cm³/mol. The Balaban J connectivity index is 1.32. The molecule has 8 heteroatoms. The molecule has 1 N–H and O–H groups in total. The van der Waals surface area contributed by atoms with E-state index in [0.29, 0.717) is 41.6 Å². The molecule has 3 heterocycles. The molecule has 1 fully saturated rings. The number of nitrogens with zero attached hydrogens (tertiary/aromatic N) is 5. The average Bonchev–Trinajstić information content (AvgIpc) is 3.34. The van der Waals surface area contributed by atoms with Crippen LogP contribution in [0.5, 0.6) is 6.01 Å². The first-order valence-corrected chi connectivity index (χ1v) is 9.82. The number of hydrazone groups is 1. The Labute approximate surface area is 164 Å². The van der Waals surface area contributed by atoms with Crippen LogP contribution in [0, 0.1) is 24.7 Å². The van der Waals surface area contributed by atoms with Crippen LogP contribution in [0.3, 0.4) is 0 Å². The summed E-state index contributed by atoms with van der Waals surface area (Å²) in [7, 11) is 1.97. The van der Waals surface area contributed by atoms with Gasteiger partial charge in [0.15, 0.2) is 0 Å². The minimum Gasteiger partial charge on any atom is -0.463 e. The van der Waals surface area contributed by atoms with Crippen molar-refractivity contribution in [2.75, 3.05) is 32.1 Å². The fourth-order valence-electron chi connectivity index (χ4n) is 3.59. The van der Waals surface area contributed by atoms with Crippen molar-refractivity contribution < 1.29 is 4.74 Å². The molecule has 2 unspecified atom stereocenters. The Kier molecular flexibility index (Phi) is 5.29. The highest BCUT2D eigenvalue weighted by Crippen LogP contribution is 2.44. The lowest BCUT2D eigenvalue weighted by Gasteiger charge is -2.15. The normalized spacial score (nSPS) is 28.6. The number of aromatic nitrogens is 2. The van der Waals surface area contributed by atoms with Gasteiger partial charge in [-0.15, -0.1) is 0 Å². The molecule has 3 aliphatic rings. The monoisotopic (exact) mass is 388 g/mol. The zero-order valence-electron chi connectivity index (χ0n) is 15.7. The number of aliphatic imine (C=N–C) groups is 1. The van der Waals surface area contributed by atoms with Crippen molar-refractivity contribution in [1.29, 1.82) is 0 Å². The van der Waals surface area contributed by atoms with E-state index in [0.717, 1.165) is 37.3 Å². The van der Waals surface area contributed by atoms with Crippen LogP contribution in [0.1, 0.15) is 18.4 Å². The highest BCUT2D eigenvalue weighted by Gasteiger charge is 2.43. The third kappa shape index (κ3) is 4.40. The molecular weight excluding hydrogens is 364 g/mol. The molecule has 1 aliphatic carbocycles. The molecule has 4 atom stereocenters. The van der Waals surface area contributed by atoms with Crippen LogP contribution in [-0.2, 0) is 0 Å². The van der Waals surface area contributed by atoms with Gasteiger partial charge in [0.25, 0.3) is 0 Å². The number of hydrogen-bond donors (Lipinski definition) is 1. The Hall–Kier alpha value is -2.15. The van der Waals surface area contributed by atoms with E-state index in [4.69, 9.17) is 16.3 Å². The van der Waals surface area contributed by atoms with Gasteiger partial charge in [-0.25, -0.2) is 0 Å². The molecule has 1 saturated carbocycles. The summed E-state index contributed by atoms with van der Waals surface area (Å²) in [4.78, 5) is 13.4. The van der Waals surface area contributed by atoms with E-state index < -0.39 is 0 Å². The lowest BCUT2D eigenvalue weighted by atomic mass is 10.1. The van der Waals surface area contributed by atoms with Crippen LogP contribution in [0.25, 0.3) is 0 Å². The van der Waals surface area contributed by atoms with Gasteiger partial charge in [0.2, 0.25) is 0 Å². The van der Waals surface area contributed by atoms with Gasteiger partial charge in [-0.05, 0) is 37.7 Å². The molecule has 144 valence electrons. The maximum Gasteiger partial charge on any atom is 0.319 e. The summed E-state index contributed by atoms with van der Waals surface area (Å²) in [6, 6.07) is 0.734. The van der Waals surface area contributed by atoms with E-state index >= 15 is 0 Å². The SMILES string of the molecule is Cc1c(Cl)nc(OC[C@@H]2C[C@H]2C2CC=CC=N2)nc1NCC1C=NN(C)C1. The molecule has 0 amide bonds. The van der Waals surface area contributed by atoms with E-state index in [1.54, 1.807) is 0 Å². The first kappa shape index (κ1) is 18.2. The zero-order chi connectivity index (χ0) is 18.8. The van der Waals surface area contributed by atoms with E-state index in [2.05, 4.69) is 31.5 Å². The summed E-state index contributed by atoms with van der Waals surface area (Å²) in [6.45, 7) is 4.17. The van der Waals surface area contributed by atoms with Crippen molar-refractivity contribution in [1.82, 2.24) is 15.0 Å². The zero-order valence-corrected chi connectivity index (χ0v) is 16.4. The summed E-state index contributed by atoms with van der Waals surface area (Å²) in [5.41, 5.74) is 0.833. The molecule has 0 spiro atoms. The maximum atomic E-state index is 6.29. The van der Waals surface area contributed by atoms with Gasteiger partial charge in [0.1, 0.15) is 11.0 Å². The number of dihydropyridines is 1. The first-order valence-electron chi connectivity index (χ1n) is 9.44. The average molecular weight is 389 g/mol. The molecule has 0 saturated heterocycles. The van der Waals surface area contributed by atoms with Crippen molar-refractivity contribution in [2.24, 2.45) is 27.8 Å². The van der Waals surface area contributed by atoms with Gasteiger partial charge in [-0.3, -0.25) is 10.0 Å². The molecule has 0 aromatic carbocycles. The number of halogens is 1. The second-order valence-corrected chi connectivity index (χ2v) is 7.87. The summed E-state index contributed by atoms with van der Waals surface area (Å²) in [6.07, 6.45) is 10.2. The van der Waals surface area contributed by atoms with Crippen LogP contribution in [-0.4, -0.2) is 60.2 Å². The lowest BCUT2D eigenvalue weighted by molar-refractivity contribution is 0.266. The minimum atomic E-state index is 0.336. The summed E-state index contributed by atoms with van der Waals surface area (Å²) in [5, 5.41) is 9.97. The van der Waals surface area contributed by atoms with Crippen LogP contribution in [0.15, 0.2) is 22.2 Å². The Morgan fingerprint density at radius 3 is 3.00 bits per heavy atom. The minimum absolute atomic E-state index is 0.336. The van der Waals surface area contributed by atoms with Crippen molar-refractivity contribution in [3.8, 4) is 6.01 Å². The number of nitrogens with one attached hydrogen (secondary N) is 1. The quantitative estimate of drug-likeness (QED) is 0.727. The number of allylic oxidation sites excluding steroid dienone is 1. The first-order chi connectivity index (χ1) is 13.1. The molecular formula is C19H25ClN6O. The van der Waals surface area contributed by atoms with Gasteiger partial charge in [-0.2, -0.15) is 15.1 Å². The smallest absolute Gasteiger partial charge is 0.319 e. The van der Waals surface area contributed by atoms with Crippen molar-refractivity contribution in [3.63, 3.8) is 0 Å². The molecule has 7 nitrogen and oxygen atoms in total. The van der Waals surface area contributed by atoms with Crippen LogP contribution < -0.4 is 10.1 Å².